The Bertz CT molecular complexity index is 209. The van der Waals surface area contributed by atoms with Gasteiger partial charge in [0.05, 0.1) is 0 Å². The van der Waals surface area contributed by atoms with Crippen molar-refractivity contribution in [1.29, 1.82) is 0 Å². The number of carbonyl (C=O) groups is 1. The Balaban J connectivity index is 0.00000169. The van der Waals surface area contributed by atoms with E-state index >= 15 is 0 Å². The first kappa shape index (κ1) is 13.5. The summed E-state index contributed by atoms with van der Waals surface area (Å²) in [6.45, 7) is 6.16. The largest absolute Gasteiger partial charge is 0.442 e. The van der Waals surface area contributed by atoms with Crippen LogP contribution in [-0.4, -0.2) is 23.8 Å². The molecule has 0 unspecified atom stereocenters. The van der Waals surface area contributed by atoms with Crippen LogP contribution in [0, 0.1) is 0 Å². The van der Waals surface area contributed by atoms with E-state index in [4.69, 9.17) is 10.5 Å². The van der Waals surface area contributed by atoms with Crippen LogP contribution >= 0.6 is 12.4 Å². The summed E-state index contributed by atoms with van der Waals surface area (Å²) in [5.41, 5.74) is 4.88. The fourth-order valence-electron chi connectivity index (χ4n) is 1.02. The standard InChI is InChI=1S/C9H18N2O2.ClH/c1-8(2,3)11-7(12)13-9(6-10)4-5-9;/h4-6,10H2,1-3H3,(H,11,12);1H. The van der Waals surface area contributed by atoms with E-state index in [-0.39, 0.29) is 29.6 Å². The summed E-state index contributed by atoms with van der Waals surface area (Å²) < 4.78 is 5.20. The molecule has 0 aromatic carbocycles. The Morgan fingerprint density at radius 3 is 2.29 bits per heavy atom. The molecule has 14 heavy (non-hydrogen) atoms. The first-order valence-electron chi connectivity index (χ1n) is 4.58. The van der Waals surface area contributed by atoms with E-state index in [9.17, 15) is 4.79 Å². The van der Waals surface area contributed by atoms with Gasteiger partial charge in [-0.05, 0) is 33.6 Å². The van der Waals surface area contributed by atoms with Gasteiger partial charge in [-0.1, -0.05) is 0 Å². The van der Waals surface area contributed by atoms with Crippen molar-refractivity contribution in [1.82, 2.24) is 5.32 Å². The minimum atomic E-state index is -0.365. The van der Waals surface area contributed by atoms with Gasteiger partial charge in [0.25, 0.3) is 0 Å². The molecule has 0 bridgehead atoms. The van der Waals surface area contributed by atoms with Crippen LogP contribution in [0.3, 0.4) is 0 Å². The maximum atomic E-state index is 11.3. The average Bonchev–Trinajstić information content (AvgIpc) is 2.65. The number of hydrogen-bond acceptors (Lipinski definition) is 3. The van der Waals surface area contributed by atoms with E-state index < -0.39 is 0 Å². The molecule has 0 aromatic rings. The van der Waals surface area contributed by atoms with Crippen molar-refractivity contribution in [2.24, 2.45) is 5.73 Å². The second-order valence-electron chi connectivity index (χ2n) is 4.65. The lowest BCUT2D eigenvalue weighted by Crippen LogP contribution is -2.43. The van der Waals surface area contributed by atoms with Crippen LogP contribution in [0.15, 0.2) is 0 Å². The molecule has 1 amide bonds. The van der Waals surface area contributed by atoms with E-state index in [1.807, 2.05) is 20.8 Å². The highest BCUT2D eigenvalue weighted by Crippen LogP contribution is 2.38. The summed E-state index contributed by atoms with van der Waals surface area (Å²) in [6.07, 6.45) is 1.41. The highest BCUT2D eigenvalue weighted by Gasteiger charge is 2.45. The highest BCUT2D eigenvalue weighted by atomic mass is 35.5. The molecule has 4 nitrogen and oxygen atoms in total. The normalized spacial score (nSPS) is 18.0. The molecule has 3 N–H and O–H groups in total. The summed E-state index contributed by atoms with van der Waals surface area (Å²) >= 11 is 0. The third-order valence-corrected chi connectivity index (χ3v) is 1.97. The Kier molecular flexibility index (Phi) is 4.21. The van der Waals surface area contributed by atoms with E-state index in [0.717, 1.165) is 12.8 Å². The quantitative estimate of drug-likeness (QED) is 0.743. The van der Waals surface area contributed by atoms with Crippen LogP contribution in [0.1, 0.15) is 33.6 Å². The first-order valence-corrected chi connectivity index (χ1v) is 4.58. The fraction of sp³-hybridized carbons (Fsp3) is 0.889. The van der Waals surface area contributed by atoms with Gasteiger partial charge < -0.3 is 15.8 Å². The summed E-state index contributed by atoms with van der Waals surface area (Å²) in [5, 5.41) is 2.73. The Morgan fingerprint density at radius 2 is 2.00 bits per heavy atom. The lowest BCUT2D eigenvalue weighted by molar-refractivity contribution is 0.0814. The van der Waals surface area contributed by atoms with Crippen molar-refractivity contribution < 1.29 is 9.53 Å². The molecule has 0 spiro atoms. The monoisotopic (exact) mass is 222 g/mol. The van der Waals surface area contributed by atoms with Crippen molar-refractivity contribution in [3.05, 3.63) is 0 Å². The summed E-state index contributed by atoms with van der Waals surface area (Å²) in [4.78, 5) is 11.3. The van der Waals surface area contributed by atoms with E-state index in [1.54, 1.807) is 0 Å². The molecule has 0 saturated heterocycles. The van der Waals surface area contributed by atoms with Gasteiger partial charge >= 0.3 is 6.09 Å². The lowest BCUT2D eigenvalue weighted by Gasteiger charge is -2.22. The summed E-state index contributed by atoms with van der Waals surface area (Å²) in [5.74, 6) is 0. The highest BCUT2D eigenvalue weighted by molar-refractivity contribution is 5.85. The van der Waals surface area contributed by atoms with Crippen molar-refractivity contribution in [2.75, 3.05) is 6.54 Å². The second kappa shape index (κ2) is 4.36. The zero-order chi connectivity index (χ0) is 10.1. The molecular weight excluding hydrogens is 204 g/mol. The molecule has 1 saturated carbocycles. The number of carbonyl (C=O) groups excluding carboxylic acids is 1. The Morgan fingerprint density at radius 1 is 1.50 bits per heavy atom. The zero-order valence-corrected chi connectivity index (χ0v) is 9.74. The number of alkyl carbamates (subject to hydrolysis) is 1. The van der Waals surface area contributed by atoms with Crippen LogP contribution in [0.2, 0.25) is 0 Å². The number of nitrogens with two attached hydrogens (primary N) is 1. The summed E-state index contributed by atoms with van der Waals surface area (Å²) in [6, 6.07) is 0. The molecule has 0 heterocycles. The molecule has 84 valence electrons. The first-order chi connectivity index (χ1) is 5.87. The van der Waals surface area contributed by atoms with Crippen LogP contribution in [-0.2, 0) is 4.74 Å². The third kappa shape index (κ3) is 4.15. The number of rotatable bonds is 2. The van der Waals surface area contributed by atoms with Crippen LogP contribution in [0.25, 0.3) is 0 Å². The molecule has 0 radical (unpaired) electrons. The van der Waals surface area contributed by atoms with Gasteiger partial charge in [-0.3, -0.25) is 0 Å². The third-order valence-electron chi connectivity index (χ3n) is 1.97. The Labute approximate surface area is 91.0 Å². The van der Waals surface area contributed by atoms with Gasteiger partial charge in [-0.15, -0.1) is 12.4 Å². The predicted octanol–water partition coefficient (Wildman–Crippen LogP) is 1.42. The van der Waals surface area contributed by atoms with Crippen molar-refractivity contribution in [2.45, 2.75) is 44.8 Å². The molecule has 1 fully saturated rings. The van der Waals surface area contributed by atoms with Crippen LogP contribution in [0.5, 0.6) is 0 Å². The zero-order valence-electron chi connectivity index (χ0n) is 8.92. The lowest BCUT2D eigenvalue weighted by atomic mass is 10.1. The van der Waals surface area contributed by atoms with Gasteiger partial charge in [0.2, 0.25) is 0 Å². The van der Waals surface area contributed by atoms with Gasteiger partial charge in [-0.2, -0.15) is 0 Å². The number of ether oxygens (including phenoxy) is 1. The van der Waals surface area contributed by atoms with Crippen molar-refractivity contribution in [3.8, 4) is 0 Å². The number of hydrogen-bond donors (Lipinski definition) is 2. The van der Waals surface area contributed by atoms with Gasteiger partial charge in [0.1, 0.15) is 5.60 Å². The van der Waals surface area contributed by atoms with E-state index in [0.29, 0.717) is 6.54 Å². The smallest absolute Gasteiger partial charge is 0.408 e. The maximum absolute atomic E-state index is 11.3. The summed E-state index contributed by atoms with van der Waals surface area (Å²) in [7, 11) is 0. The Hall–Kier alpha value is -0.480. The van der Waals surface area contributed by atoms with Crippen LogP contribution < -0.4 is 11.1 Å². The molecule has 5 heteroatoms. The number of nitrogens with one attached hydrogen (secondary N) is 1. The van der Waals surface area contributed by atoms with Crippen molar-refractivity contribution >= 4 is 18.5 Å². The predicted molar refractivity (Wildman–Crippen MR) is 57.6 cm³/mol. The minimum absolute atomic E-state index is 0. The molecular formula is C9H19ClN2O2. The van der Waals surface area contributed by atoms with Crippen LogP contribution in [0.4, 0.5) is 4.79 Å². The molecule has 0 aromatic heterocycles. The minimum Gasteiger partial charge on any atom is -0.442 e. The average molecular weight is 223 g/mol. The molecule has 1 rings (SSSR count). The molecule has 1 aliphatic rings. The van der Waals surface area contributed by atoms with E-state index in [2.05, 4.69) is 5.32 Å². The SMILES string of the molecule is CC(C)(C)NC(=O)OC1(CN)CC1.Cl. The second-order valence-corrected chi connectivity index (χ2v) is 4.65. The fourth-order valence-corrected chi connectivity index (χ4v) is 1.02. The topological polar surface area (TPSA) is 64.3 Å². The molecule has 1 aliphatic carbocycles. The van der Waals surface area contributed by atoms with E-state index in [1.165, 1.54) is 0 Å². The van der Waals surface area contributed by atoms with Crippen molar-refractivity contribution in [3.63, 3.8) is 0 Å². The number of halogens is 1. The maximum Gasteiger partial charge on any atom is 0.408 e. The van der Waals surface area contributed by atoms with Gasteiger partial charge in [-0.25, -0.2) is 4.79 Å². The molecule has 0 aliphatic heterocycles. The van der Waals surface area contributed by atoms with Gasteiger partial charge in [0.15, 0.2) is 0 Å². The molecule has 0 atom stereocenters. The number of amides is 1. The van der Waals surface area contributed by atoms with Gasteiger partial charge in [0, 0.05) is 12.1 Å².